The van der Waals surface area contributed by atoms with Gasteiger partial charge < -0.3 is 20.6 Å². The molecule has 0 radical (unpaired) electrons. The summed E-state index contributed by atoms with van der Waals surface area (Å²) >= 11 is 1.54. The number of nitrogens with zero attached hydrogens (tertiary/aromatic N) is 3. The van der Waals surface area contributed by atoms with Gasteiger partial charge in [-0.05, 0) is 76.2 Å². The monoisotopic (exact) mass is 534 g/mol. The SMILES string of the molecule is CC1=C(C)C(=O)C(CCC(C)(O)C(=O)N2CCN(c3ccc(/N=C(\N)c4cccs4)cc3)CC2)=C(C)C1=O. The van der Waals surface area contributed by atoms with E-state index in [1.165, 1.54) is 6.92 Å². The van der Waals surface area contributed by atoms with Gasteiger partial charge in [0.1, 0.15) is 11.4 Å². The fourth-order valence-electron chi connectivity index (χ4n) is 4.80. The number of amides is 1. The third-order valence-electron chi connectivity index (χ3n) is 7.44. The molecular weight excluding hydrogens is 500 g/mol. The summed E-state index contributed by atoms with van der Waals surface area (Å²) in [6.07, 6.45) is 0.242. The standard InChI is InChI=1S/C29H34N4O4S/c1-18-19(2)26(35)23(20(3)25(18)34)11-12-29(4,37)28(36)33-15-13-32(14-16-33)22-9-7-21(8-10-22)31-27(30)24-6-5-17-38-24/h5-10,17,37H,11-16H2,1-4H3,(H2,30,31). The number of hydrogen-bond acceptors (Lipinski definition) is 7. The minimum absolute atomic E-state index is 0.0701. The van der Waals surface area contributed by atoms with Crippen LogP contribution in [0.25, 0.3) is 0 Å². The summed E-state index contributed by atoms with van der Waals surface area (Å²) in [4.78, 5) is 47.6. The minimum atomic E-state index is -1.63. The minimum Gasteiger partial charge on any atom is -0.383 e. The molecule has 4 rings (SSSR count). The maximum absolute atomic E-state index is 13.2. The molecule has 2 aromatic rings. The number of amidine groups is 1. The van der Waals surface area contributed by atoms with Crippen LogP contribution < -0.4 is 10.6 Å². The number of allylic oxidation sites excluding steroid dienone is 4. The summed E-state index contributed by atoms with van der Waals surface area (Å²) in [5.41, 5.74) is 7.93. The summed E-state index contributed by atoms with van der Waals surface area (Å²) in [6, 6.07) is 11.7. The van der Waals surface area contributed by atoms with Crippen molar-refractivity contribution in [3.63, 3.8) is 0 Å². The number of nitrogens with two attached hydrogens (primary N) is 1. The molecule has 3 N–H and O–H groups in total. The maximum Gasteiger partial charge on any atom is 0.254 e. The van der Waals surface area contributed by atoms with Crippen molar-refractivity contribution < 1.29 is 19.5 Å². The van der Waals surface area contributed by atoms with Gasteiger partial charge in [0.15, 0.2) is 11.6 Å². The first-order valence-electron chi connectivity index (χ1n) is 12.7. The molecule has 200 valence electrons. The number of anilines is 1. The Bertz CT molecular complexity index is 1330. The van der Waals surface area contributed by atoms with E-state index >= 15 is 0 Å². The third-order valence-corrected chi connectivity index (χ3v) is 8.33. The van der Waals surface area contributed by atoms with E-state index in [1.54, 1.807) is 37.0 Å². The smallest absolute Gasteiger partial charge is 0.254 e. The van der Waals surface area contributed by atoms with E-state index < -0.39 is 5.60 Å². The molecule has 1 aromatic carbocycles. The Morgan fingerprint density at radius 3 is 2.24 bits per heavy atom. The van der Waals surface area contributed by atoms with E-state index in [1.807, 2.05) is 41.8 Å². The van der Waals surface area contributed by atoms with Crippen LogP contribution in [0.1, 0.15) is 45.4 Å². The summed E-state index contributed by atoms with van der Waals surface area (Å²) < 4.78 is 0. The zero-order valence-electron chi connectivity index (χ0n) is 22.3. The topological polar surface area (TPSA) is 116 Å². The van der Waals surface area contributed by atoms with Crippen molar-refractivity contribution >= 4 is 46.0 Å². The molecule has 0 spiro atoms. The molecule has 2 aliphatic rings. The van der Waals surface area contributed by atoms with E-state index in [-0.39, 0.29) is 30.3 Å². The Hall–Kier alpha value is -3.56. The van der Waals surface area contributed by atoms with Gasteiger partial charge in [0.2, 0.25) is 0 Å². The fourth-order valence-corrected chi connectivity index (χ4v) is 5.42. The second-order valence-corrected chi connectivity index (χ2v) is 11.0. The first kappa shape index (κ1) is 27.5. The molecule has 1 amide bonds. The summed E-state index contributed by atoms with van der Waals surface area (Å²) in [6.45, 7) is 8.62. The molecule has 1 fully saturated rings. The highest BCUT2D eigenvalue weighted by Crippen LogP contribution is 2.30. The average molecular weight is 535 g/mol. The molecule has 1 aromatic heterocycles. The number of piperazine rings is 1. The van der Waals surface area contributed by atoms with Crippen LogP contribution >= 0.6 is 11.3 Å². The quantitative estimate of drug-likeness (QED) is 0.317. The van der Waals surface area contributed by atoms with Gasteiger partial charge in [-0.3, -0.25) is 14.4 Å². The van der Waals surface area contributed by atoms with Crippen LogP contribution in [0.15, 0.2) is 69.1 Å². The second-order valence-electron chi connectivity index (χ2n) is 10.1. The molecular formula is C29H34N4O4S. The first-order valence-corrected chi connectivity index (χ1v) is 13.6. The molecule has 38 heavy (non-hydrogen) atoms. The number of carbonyl (C=O) groups excluding carboxylic acids is 3. The number of thiophene rings is 1. The number of ketones is 2. The number of Topliss-reactive ketones (excluding diaryl/α,β-unsaturated/α-hetero) is 2. The molecule has 0 bridgehead atoms. The van der Waals surface area contributed by atoms with Crippen molar-refractivity contribution in [2.24, 2.45) is 10.7 Å². The average Bonchev–Trinajstić information content (AvgIpc) is 3.46. The van der Waals surface area contributed by atoms with E-state index in [0.29, 0.717) is 54.3 Å². The Labute approximate surface area is 227 Å². The molecule has 0 saturated carbocycles. The number of carbonyl (C=O) groups is 3. The van der Waals surface area contributed by atoms with Gasteiger partial charge in [0.25, 0.3) is 5.91 Å². The van der Waals surface area contributed by atoms with Crippen molar-refractivity contribution in [3.8, 4) is 0 Å². The van der Waals surface area contributed by atoms with Gasteiger partial charge in [-0.25, -0.2) is 4.99 Å². The van der Waals surface area contributed by atoms with Crippen LogP contribution in [0.3, 0.4) is 0 Å². The Morgan fingerprint density at radius 1 is 1.00 bits per heavy atom. The van der Waals surface area contributed by atoms with Gasteiger partial charge in [0, 0.05) is 54.2 Å². The van der Waals surface area contributed by atoms with Crippen molar-refractivity contribution in [3.05, 3.63) is 68.9 Å². The van der Waals surface area contributed by atoms with Crippen LogP contribution in [0, 0.1) is 0 Å². The predicted octanol–water partition coefficient (Wildman–Crippen LogP) is 3.77. The normalized spacial score (nSPS) is 18.8. The highest BCUT2D eigenvalue weighted by atomic mass is 32.1. The summed E-state index contributed by atoms with van der Waals surface area (Å²) in [7, 11) is 0. The summed E-state index contributed by atoms with van der Waals surface area (Å²) in [5.74, 6) is -0.200. The third kappa shape index (κ3) is 5.63. The van der Waals surface area contributed by atoms with Crippen molar-refractivity contribution in [1.82, 2.24) is 4.90 Å². The van der Waals surface area contributed by atoms with E-state index in [4.69, 9.17) is 5.73 Å². The number of benzene rings is 1. The van der Waals surface area contributed by atoms with Gasteiger partial charge in [-0.1, -0.05) is 6.07 Å². The molecule has 2 heterocycles. The number of hydrogen-bond donors (Lipinski definition) is 2. The van der Waals surface area contributed by atoms with Crippen LogP contribution in [0.4, 0.5) is 11.4 Å². The van der Waals surface area contributed by atoms with Crippen molar-refractivity contribution in [2.75, 3.05) is 31.1 Å². The summed E-state index contributed by atoms with van der Waals surface area (Å²) in [5, 5.41) is 13.0. The van der Waals surface area contributed by atoms with Crippen molar-refractivity contribution in [2.45, 2.75) is 46.1 Å². The lowest BCUT2D eigenvalue weighted by Gasteiger charge is -2.39. The predicted molar refractivity (Wildman–Crippen MR) is 151 cm³/mol. The highest BCUT2D eigenvalue weighted by molar-refractivity contribution is 7.12. The molecule has 1 atom stereocenters. The van der Waals surface area contributed by atoms with E-state index in [2.05, 4.69) is 9.89 Å². The molecule has 1 unspecified atom stereocenters. The van der Waals surface area contributed by atoms with Gasteiger partial charge in [-0.2, -0.15) is 0 Å². The van der Waals surface area contributed by atoms with Crippen LogP contribution in [-0.2, 0) is 14.4 Å². The zero-order chi connectivity index (χ0) is 27.6. The Morgan fingerprint density at radius 2 is 1.63 bits per heavy atom. The lowest BCUT2D eigenvalue weighted by molar-refractivity contribution is -0.150. The maximum atomic E-state index is 13.2. The molecule has 1 saturated heterocycles. The van der Waals surface area contributed by atoms with Crippen LogP contribution in [0.5, 0.6) is 0 Å². The number of aliphatic hydroxyl groups is 1. The lowest BCUT2D eigenvalue weighted by Crippen LogP contribution is -2.55. The molecule has 1 aliphatic heterocycles. The Kier molecular flexibility index (Phi) is 7.99. The first-order chi connectivity index (χ1) is 18.0. The zero-order valence-corrected chi connectivity index (χ0v) is 23.1. The second kappa shape index (κ2) is 11.0. The number of aliphatic imine (C=N–C) groups is 1. The van der Waals surface area contributed by atoms with E-state index in [9.17, 15) is 19.5 Å². The highest BCUT2D eigenvalue weighted by Gasteiger charge is 2.37. The van der Waals surface area contributed by atoms with E-state index in [0.717, 1.165) is 16.3 Å². The number of rotatable bonds is 7. The lowest BCUT2D eigenvalue weighted by atomic mass is 9.82. The van der Waals surface area contributed by atoms with Crippen molar-refractivity contribution in [1.29, 1.82) is 0 Å². The molecule has 9 heteroatoms. The van der Waals surface area contributed by atoms with Gasteiger partial charge in [0.05, 0.1) is 10.6 Å². The van der Waals surface area contributed by atoms with Crippen LogP contribution in [-0.4, -0.2) is 65.1 Å². The fraction of sp³-hybridized carbons (Fsp3) is 0.379. The largest absolute Gasteiger partial charge is 0.383 e. The Balaban J connectivity index is 1.33. The van der Waals surface area contributed by atoms with Crippen LogP contribution in [0.2, 0.25) is 0 Å². The van der Waals surface area contributed by atoms with Gasteiger partial charge in [-0.15, -0.1) is 11.3 Å². The van der Waals surface area contributed by atoms with Gasteiger partial charge >= 0.3 is 0 Å². The molecule has 1 aliphatic carbocycles. The molecule has 8 nitrogen and oxygen atoms in total.